The van der Waals surface area contributed by atoms with E-state index in [0.29, 0.717) is 49.5 Å². The summed E-state index contributed by atoms with van der Waals surface area (Å²) in [5, 5.41) is 2.95. The zero-order valence-corrected chi connectivity index (χ0v) is 19.7. The average molecular weight is 459 g/mol. The fourth-order valence-electron chi connectivity index (χ4n) is 3.88. The number of carbonyl (C=O) groups excluding carboxylic acids is 2. The van der Waals surface area contributed by atoms with Crippen LogP contribution in [-0.4, -0.2) is 31.6 Å². The summed E-state index contributed by atoms with van der Waals surface area (Å²) in [4.78, 5) is 26.8. The van der Waals surface area contributed by atoms with Gasteiger partial charge in [-0.1, -0.05) is 42.0 Å². The lowest BCUT2D eigenvalue weighted by Crippen LogP contribution is -2.39. The molecule has 0 saturated heterocycles. The lowest BCUT2D eigenvalue weighted by atomic mass is 10.1. The van der Waals surface area contributed by atoms with Crippen molar-refractivity contribution in [2.75, 3.05) is 30.0 Å². The summed E-state index contributed by atoms with van der Waals surface area (Å²) < 4.78 is 11.4. The van der Waals surface area contributed by atoms with Crippen LogP contribution in [0.1, 0.15) is 29.5 Å². The number of carbonyl (C=O) groups is 2. The van der Waals surface area contributed by atoms with E-state index in [-0.39, 0.29) is 18.4 Å². The molecule has 4 rings (SSSR count). The van der Waals surface area contributed by atoms with Gasteiger partial charge < -0.3 is 19.7 Å². The molecular weight excluding hydrogens is 428 g/mol. The molecule has 1 N–H and O–H groups in total. The van der Waals surface area contributed by atoms with Gasteiger partial charge in [-0.05, 0) is 68.1 Å². The predicted molar refractivity (Wildman–Crippen MR) is 134 cm³/mol. The standard InChI is InChI=1S/C28H30N2O4/c1-20-7-9-22(10-8-20)11-14-27(31)29-23-12-13-26-25(18-23)30(28(32)19-34-26)15-4-16-33-24-6-3-5-21(2)17-24/h3,5-10,12-13,17-18H,4,11,14-16,19H2,1-2H3,(H,29,31). The molecule has 1 aliphatic heterocycles. The number of hydrogen-bond donors (Lipinski definition) is 1. The molecule has 0 spiro atoms. The second-order valence-electron chi connectivity index (χ2n) is 8.57. The van der Waals surface area contributed by atoms with Gasteiger partial charge in [-0.3, -0.25) is 9.59 Å². The molecule has 3 aromatic carbocycles. The zero-order chi connectivity index (χ0) is 23.9. The van der Waals surface area contributed by atoms with Crippen molar-refractivity contribution in [1.82, 2.24) is 0 Å². The van der Waals surface area contributed by atoms with E-state index in [4.69, 9.17) is 9.47 Å². The number of nitrogens with zero attached hydrogens (tertiary/aromatic N) is 1. The lowest BCUT2D eigenvalue weighted by molar-refractivity contribution is -0.121. The van der Waals surface area contributed by atoms with E-state index < -0.39 is 0 Å². The first-order valence-electron chi connectivity index (χ1n) is 11.6. The molecule has 176 valence electrons. The van der Waals surface area contributed by atoms with E-state index in [1.165, 1.54) is 5.56 Å². The first-order chi connectivity index (χ1) is 16.5. The van der Waals surface area contributed by atoms with E-state index >= 15 is 0 Å². The Balaban J connectivity index is 1.34. The van der Waals surface area contributed by atoms with Gasteiger partial charge in [-0.15, -0.1) is 0 Å². The fraction of sp³-hybridized carbons (Fsp3) is 0.286. The van der Waals surface area contributed by atoms with Gasteiger partial charge in [0.25, 0.3) is 5.91 Å². The van der Waals surface area contributed by atoms with Gasteiger partial charge in [-0.25, -0.2) is 0 Å². The molecule has 6 nitrogen and oxygen atoms in total. The molecule has 1 heterocycles. The predicted octanol–water partition coefficient (Wildman–Crippen LogP) is 5.07. The summed E-state index contributed by atoms with van der Waals surface area (Å²) in [6, 6.07) is 21.5. The topological polar surface area (TPSA) is 67.9 Å². The highest BCUT2D eigenvalue weighted by atomic mass is 16.5. The van der Waals surface area contributed by atoms with Crippen LogP contribution in [0, 0.1) is 13.8 Å². The van der Waals surface area contributed by atoms with Crippen molar-refractivity contribution < 1.29 is 19.1 Å². The van der Waals surface area contributed by atoms with Gasteiger partial charge in [0.2, 0.25) is 5.91 Å². The maximum Gasteiger partial charge on any atom is 0.265 e. The monoisotopic (exact) mass is 458 g/mol. The Bertz CT molecular complexity index is 1160. The molecule has 0 fully saturated rings. The molecule has 6 heteroatoms. The van der Waals surface area contributed by atoms with Gasteiger partial charge in [0, 0.05) is 18.7 Å². The molecule has 0 aliphatic carbocycles. The Morgan fingerprint density at radius 1 is 1.03 bits per heavy atom. The van der Waals surface area contributed by atoms with Crippen LogP contribution < -0.4 is 19.7 Å². The van der Waals surface area contributed by atoms with Crippen LogP contribution in [0.15, 0.2) is 66.7 Å². The molecule has 0 radical (unpaired) electrons. The first kappa shape index (κ1) is 23.4. The summed E-state index contributed by atoms with van der Waals surface area (Å²) in [6.07, 6.45) is 1.73. The summed E-state index contributed by atoms with van der Waals surface area (Å²) in [5.74, 6) is 1.29. The summed E-state index contributed by atoms with van der Waals surface area (Å²) in [7, 11) is 0. The summed E-state index contributed by atoms with van der Waals surface area (Å²) >= 11 is 0. The van der Waals surface area contributed by atoms with Crippen molar-refractivity contribution in [1.29, 1.82) is 0 Å². The van der Waals surface area contributed by atoms with Crippen molar-refractivity contribution in [3.63, 3.8) is 0 Å². The zero-order valence-electron chi connectivity index (χ0n) is 19.7. The van der Waals surface area contributed by atoms with Gasteiger partial charge in [0.15, 0.2) is 6.61 Å². The molecule has 0 atom stereocenters. The maximum absolute atomic E-state index is 12.6. The van der Waals surface area contributed by atoms with E-state index in [2.05, 4.69) is 5.32 Å². The minimum atomic E-state index is -0.106. The Hall–Kier alpha value is -3.80. The van der Waals surface area contributed by atoms with Crippen LogP contribution in [0.2, 0.25) is 0 Å². The van der Waals surface area contributed by atoms with E-state index in [0.717, 1.165) is 16.9 Å². The first-order valence-corrected chi connectivity index (χ1v) is 11.6. The number of benzene rings is 3. The van der Waals surface area contributed by atoms with Crippen molar-refractivity contribution >= 4 is 23.2 Å². The van der Waals surface area contributed by atoms with Crippen molar-refractivity contribution in [2.24, 2.45) is 0 Å². The molecular formula is C28H30N2O4. The quantitative estimate of drug-likeness (QED) is 0.455. The second-order valence-corrected chi connectivity index (χ2v) is 8.57. The van der Waals surface area contributed by atoms with Crippen molar-refractivity contribution in [3.8, 4) is 11.5 Å². The van der Waals surface area contributed by atoms with Crippen molar-refractivity contribution in [2.45, 2.75) is 33.1 Å². The SMILES string of the molecule is Cc1ccc(CCC(=O)Nc2ccc3c(c2)N(CCCOc2cccc(C)c2)C(=O)CO3)cc1. The van der Waals surface area contributed by atoms with Crippen LogP contribution in [-0.2, 0) is 16.0 Å². The molecule has 0 bridgehead atoms. The molecule has 1 aliphatic rings. The highest BCUT2D eigenvalue weighted by Crippen LogP contribution is 2.34. The van der Waals surface area contributed by atoms with Crippen LogP contribution in [0.4, 0.5) is 11.4 Å². The molecule has 34 heavy (non-hydrogen) atoms. The number of amides is 2. The van der Waals surface area contributed by atoms with E-state index in [1.54, 1.807) is 23.1 Å². The minimum Gasteiger partial charge on any atom is -0.494 e. The fourth-order valence-corrected chi connectivity index (χ4v) is 3.88. The Morgan fingerprint density at radius 3 is 2.65 bits per heavy atom. The number of hydrogen-bond acceptors (Lipinski definition) is 4. The summed E-state index contributed by atoms with van der Waals surface area (Å²) in [5.41, 5.74) is 4.79. The third-order valence-electron chi connectivity index (χ3n) is 5.73. The number of ether oxygens (including phenoxy) is 2. The van der Waals surface area contributed by atoms with Gasteiger partial charge in [0.05, 0.1) is 12.3 Å². The number of anilines is 2. The smallest absolute Gasteiger partial charge is 0.265 e. The Morgan fingerprint density at radius 2 is 1.85 bits per heavy atom. The third kappa shape index (κ3) is 6.16. The van der Waals surface area contributed by atoms with E-state index in [1.807, 2.05) is 62.4 Å². The van der Waals surface area contributed by atoms with Crippen LogP contribution in [0.25, 0.3) is 0 Å². The van der Waals surface area contributed by atoms with Crippen LogP contribution >= 0.6 is 0 Å². The average Bonchev–Trinajstić information content (AvgIpc) is 2.82. The number of aryl methyl sites for hydroxylation is 3. The highest BCUT2D eigenvalue weighted by Gasteiger charge is 2.25. The van der Waals surface area contributed by atoms with Crippen LogP contribution in [0.3, 0.4) is 0 Å². The minimum absolute atomic E-state index is 0.00793. The number of nitrogens with one attached hydrogen (secondary N) is 1. The Labute approximate surface area is 200 Å². The number of rotatable bonds is 9. The largest absolute Gasteiger partial charge is 0.494 e. The van der Waals surface area contributed by atoms with Gasteiger partial charge in [0.1, 0.15) is 11.5 Å². The number of fused-ring (bicyclic) bond motifs is 1. The third-order valence-corrected chi connectivity index (χ3v) is 5.73. The van der Waals surface area contributed by atoms with Gasteiger partial charge in [-0.2, -0.15) is 0 Å². The normalized spacial score (nSPS) is 12.6. The van der Waals surface area contributed by atoms with Crippen LogP contribution in [0.5, 0.6) is 11.5 Å². The summed E-state index contributed by atoms with van der Waals surface area (Å²) in [6.45, 7) is 5.08. The maximum atomic E-state index is 12.6. The molecule has 2 amide bonds. The second kappa shape index (κ2) is 10.9. The molecule has 3 aromatic rings. The van der Waals surface area contributed by atoms with Gasteiger partial charge >= 0.3 is 0 Å². The lowest BCUT2D eigenvalue weighted by Gasteiger charge is -2.30. The Kier molecular flexibility index (Phi) is 7.48. The molecule has 0 aromatic heterocycles. The van der Waals surface area contributed by atoms with E-state index in [9.17, 15) is 9.59 Å². The molecule has 0 unspecified atom stereocenters. The van der Waals surface area contributed by atoms with Crippen molar-refractivity contribution in [3.05, 3.63) is 83.4 Å². The highest BCUT2D eigenvalue weighted by molar-refractivity contribution is 5.99. The molecule has 0 saturated carbocycles.